The first kappa shape index (κ1) is 20.4. The Morgan fingerprint density at radius 1 is 1.09 bits per heavy atom. The Morgan fingerprint density at radius 2 is 1.65 bits per heavy atom. The van der Waals surface area contributed by atoms with E-state index in [1.54, 1.807) is 26.0 Å². The molecule has 0 aliphatic carbocycles. The van der Waals surface area contributed by atoms with Gasteiger partial charge in [0.15, 0.2) is 0 Å². The molecule has 0 aliphatic rings. The van der Waals surface area contributed by atoms with Crippen LogP contribution in [0.3, 0.4) is 0 Å². The normalized spacial score (nSPS) is 13.2. The van der Waals surface area contributed by atoms with E-state index >= 15 is 0 Å². The molecule has 6 nitrogen and oxygen atoms in total. The van der Waals surface area contributed by atoms with Crippen molar-refractivity contribution in [3.63, 3.8) is 0 Å². The molecule has 0 amide bonds. The molecule has 0 aliphatic heterocycles. The predicted octanol–water partition coefficient (Wildman–Crippen LogP) is 1.46. The Kier molecular flexibility index (Phi) is 7.03. The largest absolute Gasteiger partial charge is 0.240 e. The number of nitrogens with one attached hydrogen (secondary N) is 2. The number of benzene rings is 1. The van der Waals surface area contributed by atoms with Crippen molar-refractivity contribution in [3.8, 4) is 0 Å². The van der Waals surface area contributed by atoms with E-state index in [-0.39, 0.29) is 11.4 Å². The first-order chi connectivity index (χ1) is 10.5. The summed E-state index contributed by atoms with van der Waals surface area (Å²) in [5.41, 5.74) is 0.0877. The van der Waals surface area contributed by atoms with E-state index in [1.165, 1.54) is 12.1 Å². The van der Waals surface area contributed by atoms with Gasteiger partial charge in [0.05, 0.1) is 11.2 Å². The Labute approximate surface area is 143 Å². The van der Waals surface area contributed by atoms with Crippen LogP contribution in [0.25, 0.3) is 0 Å². The fraction of sp³-hybridized carbons (Fsp3) is 0.571. The minimum atomic E-state index is -3.70. The van der Waals surface area contributed by atoms with Gasteiger partial charge >= 0.3 is 0 Å². The Morgan fingerprint density at radius 3 is 2.13 bits per heavy atom. The molecule has 0 atom stereocenters. The van der Waals surface area contributed by atoms with Gasteiger partial charge in [-0.3, -0.25) is 0 Å². The zero-order valence-corrected chi connectivity index (χ0v) is 15.9. The standard InChI is InChI=1S/C14H23ClN2O4S2/c1-14(2,17-22(3,18)19)11-16-23(20,21)13-8-6-12(7-9-13)5-4-10-15/h6-9,16-17H,4-5,10-11H2,1-3H3. The molecule has 132 valence electrons. The lowest BCUT2D eigenvalue weighted by atomic mass is 10.1. The number of hydrogen-bond acceptors (Lipinski definition) is 4. The van der Waals surface area contributed by atoms with Crippen molar-refractivity contribution in [2.45, 2.75) is 37.1 Å². The molecule has 1 aromatic rings. The van der Waals surface area contributed by atoms with Gasteiger partial charge in [0.25, 0.3) is 0 Å². The lowest BCUT2D eigenvalue weighted by Gasteiger charge is -2.25. The van der Waals surface area contributed by atoms with Crippen molar-refractivity contribution in [3.05, 3.63) is 29.8 Å². The topological polar surface area (TPSA) is 92.3 Å². The summed E-state index contributed by atoms with van der Waals surface area (Å²) in [5, 5.41) is 0. The maximum absolute atomic E-state index is 12.3. The molecule has 0 fully saturated rings. The third-order valence-corrected chi connectivity index (χ3v) is 5.61. The van der Waals surface area contributed by atoms with Gasteiger partial charge in [-0.2, -0.15) is 0 Å². The second-order valence-electron chi connectivity index (χ2n) is 6.02. The minimum absolute atomic E-state index is 0.0591. The van der Waals surface area contributed by atoms with Crippen LogP contribution in [0.4, 0.5) is 0 Å². The quantitative estimate of drug-likeness (QED) is 0.632. The fourth-order valence-electron chi connectivity index (χ4n) is 2.00. The summed E-state index contributed by atoms with van der Waals surface area (Å²) in [6.07, 6.45) is 2.66. The summed E-state index contributed by atoms with van der Waals surface area (Å²) in [4.78, 5) is 0.141. The van der Waals surface area contributed by atoms with Gasteiger partial charge in [-0.25, -0.2) is 26.3 Å². The van der Waals surface area contributed by atoms with E-state index in [0.717, 1.165) is 24.7 Å². The number of sulfonamides is 2. The van der Waals surface area contributed by atoms with Gasteiger partial charge in [-0.05, 0) is 44.4 Å². The van der Waals surface area contributed by atoms with Gasteiger partial charge in [0, 0.05) is 18.0 Å². The van der Waals surface area contributed by atoms with Gasteiger partial charge in [-0.1, -0.05) is 12.1 Å². The maximum atomic E-state index is 12.3. The SMILES string of the molecule is CC(C)(CNS(=O)(=O)c1ccc(CCCCl)cc1)NS(C)(=O)=O. The molecule has 0 spiro atoms. The van der Waals surface area contributed by atoms with Crippen LogP contribution in [-0.4, -0.2) is 41.1 Å². The molecule has 0 radical (unpaired) electrons. The minimum Gasteiger partial charge on any atom is -0.213 e. The molecule has 0 saturated heterocycles. The average Bonchev–Trinajstić information content (AvgIpc) is 2.41. The molecule has 23 heavy (non-hydrogen) atoms. The highest BCUT2D eigenvalue weighted by molar-refractivity contribution is 7.89. The highest BCUT2D eigenvalue weighted by atomic mass is 35.5. The van der Waals surface area contributed by atoms with E-state index in [1.807, 2.05) is 0 Å². The van der Waals surface area contributed by atoms with Gasteiger partial charge in [0.2, 0.25) is 20.0 Å². The lowest BCUT2D eigenvalue weighted by Crippen LogP contribution is -2.50. The highest BCUT2D eigenvalue weighted by Crippen LogP contribution is 2.13. The first-order valence-corrected chi connectivity index (χ1v) is 11.0. The third-order valence-electron chi connectivity index (χ3n) is 3.00. The smallest absolute Gasteiger partial charge is 0.213 e. The van der Waals surface area contributed by atoms with E-state index in [4.69, 9.17) is 11.6 Å². The van der Waals surface area contributed by atoms with Crippen LogP contribution < -0.4 is 9.44 Å². The van der Waals surface area contributed by atoms with Crippen molar-refractivity contribution >= 4 is 31.6 Å². The summed E-state index contributed by atoms with van der Waals surface area (Å²) in [5.74, 6) is 0.560. The number of alkyl halides is 1. The van der Waals surface area contributed by atoms with E-state index < -0.39 is 25.6 Å². The van der Waals surface area contributed by atoms with Crippen LogP contribution in [-0.2, 0) is 26.5 Å². The summed E-state index contributed by atoms with van der Waals surface area (Å²) in [7, 11) is -7.12. The molecule has 0 saturated carbocycles. The fourth-order valence-corrected chi connectivity index (χ4v) is 4.42. The van der Waals surface area contributed by atoms with Crippen LogP contribution in [0, 0.1) is 0 Å². The average molecular weight is 383 g/mol. The van der Waals surface area contributed by atoms with Crippen molar-refractivity contribution in [2.75, 3.05) is 18.7 Å². The van der Waals surface area contributed by atoms with Crippen LogP contribution >= 0.6 is 11.6 Å². The molecule has 2 N–H and O–H groups in total. The Balaban J connectivity index is 2.76. The van der Waals surface area contributed by atoms with Crippen LogP contribution in [0.1, 0.15) is 25.8 Å². The molecule has 1 aromatic carbocycles. The number of hydrogen-bond donors (Lipinski definition) is 2. The second kappa shape index (κ2) is 7.94. The molecule has 9 heteroatoms. The summed E-state index contributed by atoms with van der Waals surface area (Å²) < 4.78 is 51.9. The third kappa shape index (κ3) is 7.63. The molecule has 0 aromatic heterocycles. The molecule has 0 unspecified atom stereocenters. The van der Waals surface area contributed by atoms with Crippen molar-refractivity contribution < 1.29 is 16.8 Å². The predicted molar refractivity (Wildman–Crippen MR) is 92.7 cm³/mol. The Bertz CT molecular complexity index is 714. The molecular formula is C14H23ClN2O4S2. The second-order valence-corrected chi connectivity index (χ2v) is 9.91. The monoisotopic (exact) mass is 382 g/mol. The maximum Gasteiger partial charge on any atom is 0.240 e. The number of halogens is 1. The van der Waals surface area contributed by atoms with Crippen molar-refractivity contribution in [1.82, 2.24) is 9.44 Å². The lowest BCUT2D eigenvalue weighted by molar-refractivity contribution is 0.446. The number of aryl methyl sites for hydroxylation is 1. The first-order valence-electron chi connectivity index (χ1n) is 7.09. The molecular weight excluding hydrogens is 360 g/mol. The van der Waals surface area contributed by atoms with Gasteiger partial charge < -0.3 is 0 Å². The molecule has 0 bridgehead atoms. The van der Waals surface area contributed by atoms with E-state index in [0.29, 0.717) is 5.88 Å². The highest BCUT2D eigenvalue weighted by Gasteiger charge is 2.25. The van der Waals surface area contributed by atoms with Crippen molar-refractivity contribution in [1.29, 1.82) is 0 Å². The molecule has 1 rings (SSSR count). The Hall–Kier alpha value is -0.670. The van der Waals surface area contributed by atoms with Crippen LogP contribution in [0.2, 0.25) is 0 Å². The molecule has 0 heterocycles. The number of rotatable bonds is 9. The van der Waals surface area contributed by atoms with E-state index in [9.17, 15) is 16.8 Å². The van der Waals surface area contributed by atoms with E-state index in [2.05, 4.69) is 9.44 Å². The summed E-state index contributed by atoms with van der Waals surface area (Å²) >= 11 is 5.63. The van der Waals surface area contributed by atoms with Crippen LogP contribution in [0.5, 0.6) is 0 Å². The van der Waals surface area contributed by atoms with Crippen LogP contribution in [0.15, 0.2) is 29.2 Å². The summed E-state index contributed by atoms with van der Waals surface area (Å²) in [6.45, 7) is 3.15. The van der Waals surface area contributed by atoms with Gasteiger partial charge in [0.1, 0.15) is 0 Å². The summed E-state index contributed by atoms with van der Waals surface area (Å²) in [6, 6.07) is 6.56. The van der Waals surface area contributed by atoms with Gasteiger partial charge in [-0.15, -0.1) is 11.6 Å². The van der Waals surface area contributed by atoms with Crippen molar-refractivity contribution in [2.24, 2.45) is 0 Å². The zero-order chi connectivity index (χ0) is 17.7. The zero-order valence-electron chi connectivity index (χ0n) is 13.5.